The molecule has 0 aliphatic rings. The maximum Gasteiger partial charge on any atom is 0.261 e. The number of carbonyl (C=O) groups excluding carboxylic acids is 1. The predicted molar refractivity (Wildman–Crippen MR) is 139 cm³/mol. The normalized spacial score (nSPS) is 11.1. The van der Waals surface area contributed by atoms with Crippen LogP contribution in [0.3, 0.4) is 0 Å². The Labute approximate surface area is 204 Å². The molecule has 2 N–H and O–H groups in total. The van der Waals surface area contributed by atoms with Crippen molar-refractivity contribution < 1.29 is 13.2 Å². The van der Waals surface area contributed by atoms with Gasteiger partial charge in [0.05, 0.1) is 16.1 Å². The number of anilines is 2. The number of benzene rings is 4. The summed E-state index contributed by atoms with van der Waals surface area (Å²) in [5.41, 5.74) is 3.23. The van der Waals surface area contributed by atoms with E-state index in [9.17, 15) is 13.2 Å². The smallest absolute Gasteiger partial charge is 0.261 e. The third-order valence-electron chi connectivity index (χ3n) is 5.16. The number of para-hydroxylation sites is 1. The SMILES string of the molecule is Cc1cc(CSc2ccccc2)ccc1NC(=O)c1ccccc1NS(=O)(=O)c1ccccc1. The Kier molecular flexibility index (Phi) is 7.35. The number of thioether (sulfide) groups is 1. The Bertz CT molecular complexity index is 1390. The lowest BCUT2D eigenvalue weighted by Gasteiger charge is -2.14. The molecule has 0 aliphatic carbocycles. The number of nitrogens with one attached hydrogen (secondary N) is 2. The highest BCUT2D eigenvalue weighted by Gasteiger charge is 2.19. The summed E-state index contributed by atoms with van der Waals surface area (Å²) >= 11 is 1.75. The Morgan fingerprint density at radius 3 is 2.15 bits per heavy atom. The van der Waals surface area contributed by atoms with Crippen molar-refractivity contribution >= 4 is 39.1 Å². The van der Waals surface area contributed by atoms with Gasteiger partial charge in [-0.3, -0.25) is 9.52 Å². The van der Waals surface area contributed by atoms with Gasteiger partial charge in [0.15, 0.2) is 0 Å². The van der Waals surface area contributed by atoms with Gasteiger partial charge in [0.1, 0.15) is 0 Å². The molecule has 0 atom stereocenters. The van der Waals surface area contributed by atoms with Crippen molar-refractivity contribution in [2.45, 2.75) is 22.5 Å². The molecule has 1 amide bonds. The van der Waals surface area contributed by atoms with E-state index in [1.807, 2.05) is 37.3 Å². The molecule has 0 saturated carbocycles. The number of aryl methyl sites for hydroxylation is 1. The monoisotopic (exact) mass is 488 g/mol. The van der Waals surface area contributed by atoms with Gasteiger partial charge in [-0.05, 0) is 60.5 Å². The molecule has 34 heavy (non-hydrogen) atoms. The molecule has 0 bridgehead atoms. The molecule has 0 spiro atoms. The molecule has 0 aromatic heterocycles. The lowest BCUT2D eigenvalue weighted by Crippen LogP contribution is -2.19. The standard InChI is InChI=1S/C27H24N2O3S2/c1-20-18-21(19-33-22-10-4-2-5-11-22)16-17-25(20)28-27(30)24-14-8-9-15-26(24)29-34(31,32)23-12-6-3-7-13-23/h2-18,29H,19H2,1H3,(H,28,30). The fourth-order valence-electron chi connectivity index (χ4n) is 3.40. The molecule has 172 valence electrons. The zero-order valence-electron chi connectivity index (χ0n) is 18.6. The van der Waals surface area contributed by atoms with Crippen molar-refractivity contribution in [1.82, 2.24) is 0 Å². The first kappa shape index (κ1) is 23.6. The van der Waals surface area contributed by atoms with Crippen LogP contribution in [-0.4, -0.2) is 14.3 Å². The van der Waals surface area contributed by atoms with Crippen LogP contribution in [0.25, 0.3) is 0 Å². The third-order valence-corrected chi connectivity index (χ3v) is 7.62. The van der Waals surface area contributed by atoms with Gasteiger partial charge in [-0.1, -0.05) is 60.7 Å². The van der Waals surface area contributed by atoms with Crippen LogP contribution in [0, 0.1) is 6.92 Å². The van der Waals surface area contributed by atoms with Gasteiger partial charge in [0.2, 0.25) is 0 Å². The first-order valence-corrected chi connectivity index (χ1v) is 13.1. The summed E-state index contributed by atoms with van der Waals surface area (Å²) in [5.74, 6) is 0.435. The summed E-state index contributed by atoms with van der Waals surface area (Å²) in [4.78, 5) is 14.4. The molecule has 4 rings (SSSR count). The van der Waals surface area contributed by atoms with Crippen molar-refractivity contribution in [2.24, 2.45) is 0 Å². The number of carbonyl (C=O) groups is 1. The first-order valence-electron chi connectivity index (χ1n) is 10.7. The van der Waals surface area contributed by atoms with Crippen molar-refractivity contribution in [3.8, 4) is 0 Å². The van der Waals surface area contributed by atoms with E-state index in [1.54, 1.807) is 54.2 Å². The quantitative estimate of drug-likeness (QED) is 0.284. The van der Waals surface area contributed by atoms with Crippen molar-refractivity contribution in [2.75, 3.05) is 10.0 Å². The number of amides is 1. The molecule has 0 radical (unpaired) electrons. The van der Waals surface area contributed by atoms with E-state index >= 15 is 0 Å². The van der Waals surface area contributed by atoms with Crippen molar-refractivity contribution in [1.29, 1.82) is 0 Å². The van der Waals surface area contributed by atoms with E-state index in [0.717, 1.165) is 16.9 Å². The Morgan fingerprint density at radius 1 is 0.794 bits per heavy atom. The fraction of sp³-hybridized carbons (Fsp3) is 0.0741. The van der Waals surface area contributed by atoms with Crippen LogP contribution in [0.1, 0.15) is 21.5 Å². The van der Waals surface area contributed by atoms with Crippen LogP contribution < -0.4 is 10.0 Å². The van der Waals surface area contributed by atoms with Gasteiger partial charge >= 0.3 is 0 Å². The molecule has 4 aromatic rings. The van der Waals surface area contributed by atoms with Crippen LogP contribution in [-0.2, 0) is 15.8 Å². The van der Waals surface area contributed by atoms with E-state index in [1.165, 1.54) is 17.0 Å². The summed E-state index contributed by atoms with van der Waals surface area (Å²) in [6, 6.07) is 30.7. The van der Waals surface area contributed by atoms with Gasteiger partial charge < -0.3 is 5.32 Å². The topological polar surface area (TPSA) is 75.3 Å². The maximum absolute atomic E-state index is 13.1. The van der Waals surface area contributed by atoms with Gasteiger partial charge in [-0.25, -0.2) is 8.42 Å². The maximum atomic E-state index is 13.1. The summed E-state index contributed by atoms with van der Waals surface area (Å²) in [7, 11) is -3.82. The van der Waals surface area contributed by atoms with Gasteiger partial charge in [0.25, 0.3) is 15.9 Å². The van der Waals surface area contributed by atoms with E-state index < -0.39 is 10.0 Å². The summed E-state index contributed by atoms with van der Waals surface area (Å²) in [6.07, 6.45) is 0. The van der Waals surface area contributed by atoms with E-state index in [4.69, 9.17) is 0 Å². The second-order valence-corrected chi connectivity index (χ2v) is 10.4. The Morgan fingerprint density at radius 2 is 1.44 bits per heavy atom. The predicted octanol–water partition coefficient (Wildman–Crippen LogP) is 6.34. The van der Waals surface area contributed by atoms with E-state index in [0.29, 0.717) is 5.69 Å². The Hall–Kier alpha value is -3.55. The fourth-order valence-corrected chi connectivity index (χ4v) is 5.37. The van der Waals surface area contributed by atoms with Crippen LogP contribution >= 0.6 is 11.8 Å². The van der Waals surface area contributed by atoms with Crippen molar-refractivity contribution in [3.63, 3.8) is 0 Å². The van der Waals surface area contributed by atoms with E-state index in [2.05, 4.69) is 28.2 Å². The molecular formula is C27H24N2O3S2. The zero-order valence-corrected chi connectivity index (χ0v) is 20.2. The number of hydrogen-bond donors (Lipinski definition) is 2. The summed E-state index contributed by atoms with van der Waals surface area (Å²) in [5, 5.41) is 2.91. The van der Waals surface area contributed by atoms with Crippen LogP contribution in [0.15, 0.2) is 113 Å². The first-order chi connectivity index (χ1) is 16.4. The number of sulfonamides is 1. The lowest BCUT2D eigenvalue weighted by molar-refractivity contribution is 0.102. The molecule has 0 heterocycles. The molecule has 0 fully saturated rings. The number of rotatable bonds is 8. The highest BCUT2D eigenvalue weighted by Crippen LogP contribution is 2.26. The lowest BCUT2D eigenvalue weighted by atomic mass is 10.1. The van der Waals surface area contributed by atoms with Gasteiger partial charge in [-0.15, -0.1) is 11.8 Å². The second kappa shape index (κ2) is 10.6. The minimum absolute atomic E-state index is 0.130. The molecule has 0 saturated heterocycles. The zero-order chi connectivity index (χ0) is 24.0. The molecule has 5 nitrogen and oxygen atoms in total. The average Bonchev–Trinajstić information content (AvgIpc) is 2.85. The van der Waals surface area contributed by atoms with Crippen LogP contribution in [0.5, 0.6) is 0 Å². The third kappa shape index (κ3) is 5.87. The van der Waals surface area contributed by atoms with Crippen LogP contribution in [0.2, 0.25) is 0 Å². The summed E-state index contributed by atoms with van der Waals surface area (Å²) < 4.78 is 28.0. The molecular weight excluding hydrogens is 464 g/mol. The molecule has 4 aromatic carbocycles. The highest BCUT2D eigenvalue weighted by molar-refractivity contribution is 7.98. The highest BCUT2D eigenvalue weighted by atomic mass is 32.2. The second-order valence-electron chi connectivity index (χ2n) is 7.67. The average molecular weight is 489 g/mol. The van der Waals surface area contributed by atoms with Gasteiger partial charge in [0, 0.05) is 16.3 Å². The Balaban J connectivity index is 1.48. The summed E-state index contributed by atoms with van der Waals surface area (Å²) in [6.45, 7) is 1.94. The van der Waals surface area contributed by atoms with E-state index in [-0.39, 0.29) is 22.1 Å². The number of hydrogen-bond acceptors (Lipinski definition) is 4. The minimum Gasteiger partial charge on any atom is -0.322 e. The molecule has 7 heteroatoms. The van der Waals surface area contributed by atoms with Crippen molar-refractivity contribution in [3.05, 3.63) is 120 Å². The van der Waals surface area contributed by atoms with Gasteiger partial charge in [-0.2, -0.15) is 0 Å². The minimum atomic E-state index is -3.82. The van der Waals surface area contributed by atoms with Crippen LogP contribution in [0.4, 0.5) is 11.4 Å². The molecule has 0 aliphatic heterocycles. The largest absolute Gasteiger partial charge is 0.322 e. The molecule has 0 unspecified atom stereocenters.